The summed E-state index contributed by atoms with van der Waals surface area (Å²) in [5.41, 5.74) is 3.77. The Labute approximate surface area is 175 Å². The number of carbonyl (C=O) groups is 1. The molecule has 1 amide bonds. The first-order chi connectivity index (χ1) is 14.1. The molecule has 0 radical (unpaired) electrons. The minimum atomic E-state index is -0.162. The van der Waals surface area contributed by atoms with Crippen molar-refractivity contribution in [3.63, 3.8) is 0 Å². The summed E-state index contributed by atoms with van der Waals surface area (Å²) >= 11 is 1.63. The van der Waals surface area contributed by atoms with E-state index in [0.29, 0.717) is 25.3 Å². The van der Waals surface area contributed by atoms with E-state index in [1.807, 2.05) is 37.9 Å². The van der Waals surface area contributed by atoms with Gasteiger partial charge in [0.2, 0.25) is 0 Å². The van der Waals surface area contributed by atoms with Gasteiger partial charge in [0.25, 0.3) is 5.91 Å². The van der Waals surface area contributed by atoms with E-state index in [4.69, 9.17) is 4.98 Å². The Balaban J connectivity index is 1.62. The van der Waals surface area contributed by atoms with Crippen LogP contribution in [-0.2, 0) is 12.0 Å². The van der Waals surface area contributed by atoms with E-state index in [1.54, 1.807) is 16.0 Å². The lowest BCUT2D eigenvalue weighted by atomic mass is 9.70. The largest absolute Gasteiger partial charge is 0.365 e. The van der Waals surface area contributed by atoms with Crippen LogP contribution in [0.2, 0.25) is 0 Å². The molecule has 1 aliphatic rings. The van der Waals surface area contributed by atoms with Gasteiger partial charge in [-0.25, -0.2) is 4.98 Å². The molecule has 2 aromatic heterocycles. The molecule has 3 aromatic rings. The van der Waals surface area contributed by atoms with Crippen LogP contribution in [-0.4, -0.2) is 45.7 Å². The van der Waals surface area contributed by atoms with Crippen molar-refractivity contribution in [1.82, 2.24) is 19.7 Å². The first-order valence-electron chi connectivity index (χ1n) is 10.1. The predicted molar refractivity (Wildman–Crippen MR) is 117 cm³/mol. The van der Waals surface area contributed by atoms with E-state index in [-0.39, 0.29) is 11.3 Å². The Morgan fingerprint density at radius 3 is 2.59 bits per heavy atom. The summed E-state index contributed by atoms with van der Waals surface area (Å²) in [6, 6.07) is 12.5. The Hall–Kier alpha value is -2.67. The van der Waals surface area contributed by atoms with Crippen LogP contribution >= 0.6 is 11.3 Å². The van der Waals surface area contributed by atoms with Crippen LogP contribution in [0.25, 0.3) is 0 Å². The molecule has 152 valence electrons. The highest BCUT2D eigenvalue weighted by Crippen LogP contribution is 2.42. The molecule has 0 saturated carbocycles. The fourth-order valence-corrected chi connectivity index (χ4v) is 5.04. The van der Waals surface area contributed by atoms with Crippen molar-refractivity contribution in [3.05, 3.63) is 64.4 Å². The average molecular weight is 410 g/mol. The van der Waals surface area contributed by atoms with Gasteiger partial charge in [0, 0.05) is 37.5 Å². The molecule has 1 saturated heterocycles. The summed E-state index contributed by atoms with van der Waals surface area (Å²) in [4.78, 5) is 20.0. The van der Waals surface area contributed by atoms with Crippen molar-refractivity contribution in [2.24, 2.45) is 0 Å². The van der Waals surface area contributed by atoms with Gasteiger partial charge in [-0.05, 0) is 38.3 Å². The molecule has 29 heavy (non-hydrogen) atoms. The third kappa shape index (κ3) is 3.55. The molecule has 6 nitrogen and oxygen atoms in total. The van der Waals surface area contributed by atoms with Gasteiger partial charge >= 0.3 is 0 Å². The van der Waals surface area contributed by atoms with Crippen LogP contribution in [0.1, 0.15) is 47.2 Å². The summed E-state index contributed by atoms with van der Waals surface area (Å²) in [5.74, 6) is 0.0725. The Morgan fingerprint density at radius 1 is 1.24 bits per heavy atom. The Bertz CT molecular complexity index is 986. The molecule has 1 aromatic carbocycles. The molecular weight excluding hydrogens is 382 g/mol. The standard InChI is InChI=1S/C22H27N5OS/c1-4-27-18(14-16(2)25-27)20(28)26-12-10-22(11-13-26,17-8-6-5-7-9-17)19-15-29-21(23-3)24-19/h5-9,14-15H,4,10-13H2,1-3H3,(H,23,24). The van der Waals surface area contributed by atoms with Gasteiger partial charge in [-0.3, -0.25) is 9.48 Å². The zero-order valence-electron chi connectivity index (χ0n) is 17.2. The van der Waals surface area contributed by atoms with Gasteiger partial charge in [-0.2, -0.15) is 5.10 Å². The molecule has 0 aliphatic carbocycles. The molecule has 0 atom stereocenters. The number of likely N-dealkylation sites (tertiary alicyclic amines) is 1. The van der Waals surface area contributed by atoms with Crippen molar-refractivity contribution >= 4 is 22.4 Å². The van der Waals surface area contributed by atoms with Crippen molar-refractivity contribution in [2.45, 2.75) is 38.6 Å². The maximum Gasteiger partial charge on any atom is 0.272 e. The second kappa shape index (κ2) is 7.99. The highest BCUT2D eigenvalue weighted by Gasteiger charge is 2.41. The second-order valence-electron chi connectivity index (χ2n) is 7.51. The van der Waals surface area contributed by atoms with Crippen molar-refractivity contribution in [2.75, 3.05) is 25.5 Å². The van der Waals surface area contributed by atoms with Crippen LogP contribution in [0.4, 0.5) is 5.13 Å². The van der Waals surface area contributed by atoms with Gasteiger partial charge < -0.3 is 10.2 Å². The molecule has 0 unspecified atom stereocenters. The Kier molecular flexibility index (Phi) is 5.41. The second-order valence-corrected chi connectivity index (χ2v) is 8.37. The number of benzene rings is 1. The molecular formula is C22H27N5OS. The van der Waals surface area contributed by atoms with Crippen LogP contribution < -0.4 is 5.32 Å². The summed E-state index contributed by atoms with van der Waals surface area (Å²) in [5, 5.41) is 10.7. The van der Waals surface area contributed by atoms with Gasteiger partial charge in [0.15, 0.2) is 5.13 Å². The predicted octanol–water partition coefficient (Wildman–Crippen LogP) is 3.93. The number of aromatic nitrogens is 3. The molecule has 1 N–H and O–H groups in total. The zero-order valence-corrected chi connectivity index (χ0v) is 18.0. The lowest BCUT2D eigenvalue weighted by molar-refractivity contribution is 0.0671. The SMILES string of the molecule is CCn1nc(C)cc1C(=O)N1CCC(c2ccccc2)(c2csc(NC)n2)CC1. The fraction of sp³-hybridized carbons (Fsp3) is 0.409. The van der Waals surface area contributed by atoms with Crippen molar-refractivity contribution in [1.29, 1.82) is 0 Å². The number of rotatable bonds is 5. The van der Waals surface area contributed by atoms with Crippen molar-refractivity contribution < 1.29 is 4.79 Å². The number of nitrogens with zero attached hydrogens (tertiary/aromatic N) is 4. The van der Waals surface area contributed by atoms with E-state index in [2.05, 4.69) is 40.1 Å². The van der Waals surface area contributed by atoms with E-state index < -0.39 is 0 Å². The summed E-state index contributed by atoms with van der Waals surface area (Å²) < 4.78 is 1.80. The van der Waals surface area contributed by atoms with Crippen LogP contribution in [0, 0.1) is 6.92 Å². The van der Waals surface area contributed by atoms with Gasteiger partial charge in [0.05, 0.1) is 11.4 Å². The number of hydrogen-bond acceptors (Lipinski definition) is 5. The van der Waals surface area contributed by atoms with E-state index in [1.165, 1.54) is 5.56 Å². The topological polar surface area (TPSA) is 63.1 Å². The van der Waals surface area contributed by atoms with Crippen molar-refractivity contribution in [3.8, 4) is 0 Å². The fourth-order valence-electron chi connectivity index (χ4n) is 4.27. The number of nitrogens with one attached hydrogen (secondary N) is 1. The minimum Gasteiger partial charge on any atom is -0.365 e. The van der Waals surface area contributed by atoms with Crippen LogP contribution in [0.3, 0.4) is 0 Å². The minimum absolute atomic E-state index is 0.0725. The van der Waals surface area contributed by atoms with E-state index >= 15 is 0 Å². The lowest BCUT2D eigenvalue weighted by Crippen LogP contribution is -2.46. The summed E-state index contributed by atoms with van der Waals surface area (Å²) in [7, 11) is 1.90. The maximum atomic E-state index is 13.2. The molecule has 1 fully saturated rings. The van der Waals surface area contributed by atoms with E-state index in [0.717, 1.165) is 29.4 Å². The summed E-state index contributed by atoms with van der Waals surface area (Å²) in [6.45, 7) is 6.05. The number of aryl methyl sites for hydroxylation is 2. The average Bonchev–Trinajstić information content (AvgIpc) is 3.40. The quantitative estimate of drug-likeness (QED) is 0.693. The molecule has 3 heterocycles. The number of anilines is 1. The molecule has 7 heteroatoms. The zero-order chi connectivity index (χ0) is 20.4. The highest BCUT2D eigenvalue weighted by atomic mass is 32.1. The number of hydrogen-bond donors (Lipinski definition) is 1. The molecule has 0 spiro atoms. The summed E-state index contributed by atoms with van der Waals surface area (Å²) in [6.07, 6.45) is 1.71. The molecule has 0 bridgehead atoms. The first-order valence-corrected chi connectivity index (χ1v) is 11.0. The first kappa shape index (κ1) is 19.6. The third-order valence-corrected chi connectivity index (χ3v) is 6.72. The number of carbonyl (C=O) groups excluding carboxylic acids is 1. The third-order valence-electron chi connectivity index (χ3n) is 5.86. The smallest absolute Gasteiger partial charge is 0.272 e. The Morgan fingerprint density at radius 2 is 1.97 bits per heavy atom. The monoisotopic (exact) mass is 409 g/mol. The van der Waals surface area contributed by atoms with Crippen LogP contribution in [0.15, 0.2) is 41.8 Å². The lowest BCUT2D eigenvalue weighted by Gasteiger charge is -2.41. The molecule has 4 rings (SSSR count). The van der Waals surface area contributed by atoms with E-state index in [9.17, 15) is 4.79 Å². The molecule has 1 aliphatic heterocycles. The van der Waals surface area contributed by atoms with Gasteiger partial charge in [0.1, 0.15) is 5.69 Å². The van der Waals surface area contributed by atoms with Gasteiger partial charge in [-0.15, -0.1) is 11.3 Å². The van der Waals surface area contributed by atoms with Gasteiger partial charge in [-0.1, -0.05) is 30.3 Å². The highest BCUT2D eigenvalue weighted by molar-refractivity contribution is 7.13. The number of amides is 1. The maximum absolute atomic E-state index is 13.2. The van der Waals surface area contributed by atoms with Crippen LogP contribution in [0.5, 0.6) is 0 Å². The number of thiazole rings is 1. The normalized spacial score (nSPS) is 16.0. The number of piperidine rings is 1.